The van der Waals surface area contributed by atoms with Crippen LogP contribution in [0.25, 0.3) is 10.2 Å². The van der Waals surface area contributed by atoms with Gasteiger partial charge in [-0.05, 0) is 43.2 Å². The van der Waals surface area contributed by atoms with Gasteiger partial charge >= 0.3 is 0 Å². The maximum Gasteiger partial charge on any atom is 0.252 e. The third-order valence-corrected chi connectivity index (χ3v) is 5.64. The summed E-state index contributed by atoms with van der Waals surface area (Å²) in [6.45, 7) is 4.64. The summed E-state index contributed by atoms with van der Waals surface area (Å²) in [5.74, 6) is 2.08. The van der Waals surface area contributed by atoms with E-state index in [0.29, 0.717) is 11.3 Å². The summed E-state index contributed by atoms with van der Waals surface area (Å²) in [6, 6.07) is 9.45. The molecule has 7 heteroatoms. The molecule has 1 heterocycles. The zero-order valence-corrected chi connectivity index (χ0v) is 17.6. The second-order valence-corrected chi connectivity index (χ2v) is 7.24. The number of carbonyl (C=O) groups is 1. The van der Waals surface area contributed by atoms with Gasteiger partial charge in [0.2, 0.25) is 0 Å². The molecule has 0 N–H and O–H groups in total. The van der Waals surface area contributed by atoms with Crippen molar-refractivity contribution in [2.75, 3.05) is 21.3 Å². The van der Waals surface area contributed by atoms with Crippen molar-refractivity contribution in [2.45, 2.75) is 26.8 Å². The first kappa shape index (κ1) is 19.9. The van der Waals surface area contributed by atoms with Crippen LogP contribution in [0.15, 0.2) is 35.3 Å². The maximum absolute atomic E-state index is 12.6. The zero-order chi connectivity index (χ0) is 20.3. The highest BCUT2D eigenvalue weighted by molar-refractivity contribution is 7.16. The van der Waals surface area contributed by atoms with E-state index in [0.717, 1.165) is 38.6 Å². The Labute approximate surface area is 168 Å². The predicted molar refractivity (Wildman–Crippen MR) is 111 cm³/mol. The van der Waals surface area contributed by atoms with Gasteiger partial charge in [-0.3, -0.25) is 4.79 Å². The molecule has 148 valence electrons. The summed E-state index contributed by atoms with van der Waals surface area (Å²) in [6.07, 6.45) is 0.233. The van der Waals surface area contributed by atoms with Crippen LogP contribution in [0.1, 0.15) is 18.1 Å². The molecule has 1 aromatic heterocycles. The minimum absolute atomic E-state index is 0.198. The molecule has 0 saturated carbocycles. The first-order chi connectivity index (χ1) is 13.5. The van der Waals surface area contributed by atoms with Crippen LogP contribution in [0.3, 0.4) is 0 Å². The van der Waals surface area contributed by atoms with Crippen molar-refractivity contribution in [1.29, 1.82) is 0 Å². The molecule has 0 saturated heterocycles. The Hall–Kier alpha value is -2.80. The first-order valence-corrected chi connectivity index (χ1v) is 9.79. The summed E-state index contributed by atoms with van der Waals surface area (Å²) in [4.78, 5) is 17.7. The lowest BCUT2D eigenvalue weighted by Gasteiger charge is -2.08. The molecule has 0 aliphatic carbocycles. The molecule has 6 nitrogen and oxygen atoms in total. The number of nitrogens with zero attached hydrogens (tertiary/aromatic N) is 2. The number of aryl methyl sites for hydroxylation is 2. The van der Waals surface area contributed by atoms with Gasteiger partial charge in [-0.2, -0.15) is 4.99 Å². The van der Waals surface area contributed by atoms with Gasteiger partial charge in [0.1, 0.15) is 27.5 Å². The van der Waals surface area contributed by atoms with Crippen molar-refractivity contribution in [1.82, 2.24) is 4.57 Å². The summed E-state index contributed by atoms with van der Waals surface area (Å²) in [5.41, 5.74) is 2.79. The lowest BCUT2D eigenvalue weighted by Crippen LogP contribution is -2.16. The molecular weight excluding hydrogens is 376 g/mol. The number of methoxy groups -OCH3 is 3. The number of hydrogen-bond acceptors (Lipinski definition) is 5. The Morgan fingerprint density at radius 2 is 1.68 bits per heavy atom. The van der Waals surface area contributed by atoms with E-state index in [1.807, 2.05) is 48.7 Å². The van der Waals surface area contributed by atoms with Gasteiger partial charge in [-0.25, -0.2) is 0 Å². The molecule has 0 unspecified atom stereocenters. The van der Waals surface area contributed by atoms with Crippen molar-refractivity contribution >= 4 is 27.5 Å². The van der Waals surface area contributed by atoms with Crippen molar-refractivity contribution in [3.8, 4) is 17.2 Å². The highest BCUT2D eigenvalue weighted by Gasteiger charge is 2.16. The zero-order valence-electron chi connectivity index (χ0n) is 16.7. The highest BCUT2D eigenvalue weighted by atomic mass is 32.1. The third kappa shape index (κ3) is 3.75. The number of amides is 1. The van der Waals surface area contributed by atoms with E-state index in [2.05, 4.69) is 4.99 Å². The van der Waals surface area contributed by atoms with Crippen LogP contribution >= 0.6 is 11.3 Å². The first-order valence-electron chi connectivity index (χ1n) is 8.97. The molecule has 1 amide bonds. The molecule has 0 aliphatic rings. The number of aromatic nitrogens is 1. The van der Waals surface area contributed by atoms with Gasteiger partial charge in [-0.15, -0.1) is 0 Å². The van der Waals surface area contributed by atoms with E-state index in [1.54, 1.807) is 21.3 Å². The fraction of sp³-hybridized carbons (Fsp3) is 0.333. The van der Waals surface area contributed by atoms with Crippen LogP contribution in [0.4, 0.5) is 0 Å². The van der Waals surface area contributed by atoms with Crippen molar-refractivity contribution in [2.24, 2.45) is 4.99 Å². The number of thiazole rings is 1. The van der Waals surface area contributed by atoms with Crippen LogP contribution in [0, 0.1) is 6.92 Å². The smallest absolute Gasteiger partial charge is 0.252 e. The van der Waals surface area contributed by atoms with Gasteiger partial charge in [-0.1, -0.05) is 23.5 Å². The second kappa shape index (κ2) is 8.48. The fourth-order valence-electron chi connectivity index (χ4n) is 3.20. The van der Waals surface area contributed by atoms with Crippen molar-refractivity contribution in [3.05, 3.63) is 46.3 Å². The SMILES string of the molecule is CCn1c(=NC(=O)Cc2ccc(OC)c(C)c2)sc2c(OC)ccc(OC)c21. The van der Waals surface area contributed by atoms with Gasteiger partial charge in [0.15, 0.2) is 4.80 Å². The monoisotopic (exact) mass is 400 g/mol. The van der Waals surface area contributed by atoms with E-state index >= 15 is 0 Å². The van der Waals surface area contributed by atoms with Gasteiger partial charge in [0.05, 0.1) is 27.8 Å². The van der Waals surface area contributed by atoms with Crippen LogP contribution < -0.4 is 19.0 Å². The molecule has 3 aromatic rings. The normalized spacial score (nSPS) is 11.7. The van der Waals surface area contributed by atoms with Crippen LogP contribution in [0.2, 0.25) is 0 Å². The minimum atomic E-state index is -0.198. The van der Waals surface area contributed by atoms with E-state index in [1.165, 1.54) is 11.3 Å². The maximum atomic E-state index is 12.6. The van der Waals surface area contributed by atoms with E-state index in [-0.39, 0.29) is 12.3 Å². The molecule has 0 bridgehead atoms. The number of rotatable bonds is 6. The Morgan fingerprint density at radius 1 is 1.04 bits per heavy atom. The lowest BCUT2D eigenvalue weighted by molar-refractivity contribution is -0.117. The van der Waals surface area contributed by atoms with E-state index in [4.69, 9.17) is 14.2 Å². The van der Waals surface area contributed by atoms with Gasteiger partial charge < -0.3 is 18.8 Å². The molecule has 0 aliphatic heterocycles. The summed E-state index contributed by atoms with van der Waals surface area (Å²) in [7, 11) is 4.90. The molecule has 2 aromatic carbocycles. The second-order valence-electron chi connectivity index (χ2n) is 6.26. The Kier molecular flexibility index (Phi) is 6.04. The largest absolute Gasteiger partial charge is 0.496 e. The molecule has 28 heavy (non-hydrogen) atoms. The number of fused-ring (bicyclic) bond motifs is 1. The molecule has 0 fully saturated rings. The summed E-state index contributed by atoms with van der Waals surface area (Å²) in [5, 5.41) is 0. The summed E-state index contributed by atoms with van der Waals surface area (Å²) < 4.78 is 19.2. The van der Waals surface area contributed by atoms with E-state index < -0.39 is 0 Å². The fourth-order valence-corrected chi connectivity index (χ4v) is 4.42. The Morgan fingerprint density at radius 3 is 2.29 bits per heavy atom. The van der Waals surface area contributed by atoms with Crippen LogP contribution in [-0.2, 0) is 17.8 Å². The minimum Gasteiger partial charge on any atom is -0.496 e. The Bertz CT molecular complexity index is 1080. The molecule has 0 atom stereocenters. The Balaban J connectivity index is 2.03. The summed E-state index contributed by atoms with van der Waals surface area (Å²) >= 11 is 1.43. The van der Waals surface area contributed by atoms with Crippen LogP contribution in [-0.4, -0.2) is 31.8 Å². The third-order valence-electron chi connectivity index (χ3n) is 4.54. The average molecular weight is 401 g/mol. The predicted octanol–water partition coefficient (Wildman–Crippen LogP) is 3.73. The van der Waals surface area contributed by atoms with E-state index in [9.17, 15) is 4.79 Å². The van der Waals surface area contributed by atoms with Gasteiger partial charge in [0, 0.05) is 6.54 Å². The number of ether oxygens (including phenoxy) is 3. The molecule has 0 spiro atoms. The number of carbonyl (C=O) groups excluding carboxylic acids is 1. The van der Waals surface area contributed by atoms with Crippen LogP contribution in [0.5, 0.6) is 17.2 Å². The quantitative estimate of drug-likeness (QED) is 0.633. The topological polar surface area (TPSA) is 62.1 Å². The lowest BCUT2D eigenvalue weighted by atomic mass is 10.1. The van der Waals surface area contributed by atoms with Crippen molar-refractivity contribution < 1.29 is 19.0 Å². The standard InChI is InChI=1S/C21H24N2O4S/c1-6-23-19-16(26-4)9-10-17(27-5)20(19)28-21(23)22-18(24)12-14-7-8-15(25-3)13(2)11-14/h7-11H,6,12H2,1-5H3. The molecule has 0 radical (unpaired) electrons. The average Bonchev–Trinajstić information content (AvgIpc) is 3.05. The number of hydrogen-bond donors (Lipinski definition) is 0. The molecule has 3 rings (SSSR count). The van der Waals surface area contributed by atoms with Gasteiger partial charge in [0.25, 0.3) is 5.91 Å². The molecular formula is C21H24N2O4S. The van der Waals surface area contributed by atoms with Crippen molar-refractivity contribution in [3.63, 3.8) is 0 Å². The number of benzene rings is 2. The highest BCUT2D eigenvalue weighted by Crippen LogP contribution is 2.35.